The summed E-state index contributed by atoms with van der Waals surface area (Å²) < 4.78 is 0. The molecule has 0 bridgehead atoms. The van der Waals surface area contributed by atoms with E-state index in [0.717, 1.165) is 6.04 Å². The fraction of sp³-hybridized carbons (Fsp3) is 0.889. The molecule has 2 atom stereocenters. The van der Waals surface area contributed by atoms with E-state index in [-0.39, 0.29) is 0 Å². The van der Waals surface area contributed by atoms with Crippen molar-refractivity contribution >= 4 is 0 Å². The Labute approximate surface area is 69.8 Å². The second kappa shape index (κ2) is 6.18. The van der Waals surface area contributed by atoms with Crippen LogP contribution in [0.3, 0.4) is 0 Å². The second-order valence-electron chi connectivity index (χ2n) is 3.16. The van der Waals surface area contributed by atoms with Gasteiger partial charge in [0, 0.05) is 0 Å². The molecule has 1 heterocycles. The minimum atomic E-state index is 0.934. The van der Waals surface area contributed by atoms with Crippen molar-refractivity contribution in [3.8, 4) is 0 Å². The molecule has 1 N–H and O–H groups in total. The maximum Gasteiger partial charge on any atom is 0.0846 e. The largest absolute Gasteiger partial charge is 0.512 e. The van der Waals surface area contributed by atoms with E-state index in [0.29, 0.717) is 0 Å². The van der Waals surface area contributed by atoms with E-state index >= 15 is 0 Å². The van der Waals surface area contributed by atoms with Crippen molar-refractivity contribution in [3.63, 3.8) is 0 Å². The summed E-state index contributed by atoms with van der Waals surface area (Å²) in [7, 11) is 0. The molecule has 1 aliphatic heterocycles. The number of rotatable bonds is 1. The van der Waals surface area contributed by atoms with Gasteiger partial charge in [-0.25, -0.2) is 0 Å². The van der Waals surface area contributed by atoms with Crippen LogP contribution in [0.25, 0.3) is 0 Å². The Balaban J connectivity index is 0.000000461. The molecule has 2 heteroatoms. The Morgan fingerprint density at radius 1 is 1.45 bits per heavy atom. The highest BCUT2D eigenvalue weighted by Gasteiger charge is 2.18. The molecular weight excluding hydrogens is 136 g/mol. The lowest BCUT2D eigenvalue weighted by atomic mass is 10.0. The first-order valence-electron chi connectivity index (χ1n) is 4.41. The predicted molar refractivity (Wildman–Crippen MR) is 44.7 cm³/mol. The van der Waals surface area contributed by atoms with Crippen molar-refractivity contribution < 1.29 is 4.90 Å². The average molecular weight is 154 g/mol. The fourth-order valence-corrected chi connectivity index (χ4v) is 1.78. The molecule has 1 rings (SSSR count). The minimum absolute atomic E-state index is 0.934. The van der Waals surface area contributed by atoms with Gasteiger partial charge in [0.2, 0.25) is 0 Å². The van der Waals surface area contributed by atoms with Crippen molar-refractivity contribution in [3.05, 3.63) is 6.57 Å². The monoisotopic (exact) mass is 154 g/mol. The minimum Gasteiger partial charge on any atom is -0.512 e. The zero-order valence-corrected chi connectivity index (χ0v) is 7.56. The van der Waals surface area contributed by atoms with E-state index in [1.54, 1.807) is 4.90 Å². The Hall–Kier alpha value is -0.550. The van der Waals surface area contributed by atoms with E-state index in [9.17, 15) is 0 Å². The third-order valence-corrected chi connectivity index (χ3v) is 2.54. The molecule has 0 aromatic heterocycles. The van der Waals surface area contributed by atoms with Crippen LogP contribution in [0.4, 0.5) is 0 Å². The van der Waals surface area contributed by atoms with Gasteiger partial charge in [-0.05, 0) is 33.1 Å². The van der Waals surface area contributed by atoms with Crippen molar-refractivity contribution in [2.45, 2.75) is 39.2 Å². The van der Waals surface area contributed by atoms with Crippen LogP contribution in [0.5, 0.6) is 0 Å². The van der Waals surface area contributed by atoms with Gasteiger partial charge < -0.3 is 16.7 Å². The van der Waals surface area contributed by atoms with E-state index in [1.807, 2.05) is 0 Å². The SMILES string of the molecule is CC[NH+]1CCCCC1C.[C-]#N. The molecular formula is C9H18N2. The quantitative estimate of drug-likeness (QED) is 0.549. The van der Waals surface area contributed by atoms with Crippen LogP contribution in [0.15, 0.2) is 0 Å². The van der Waals surface area contributed by atoms with Crippen molar-refractivity contribution in [2.75, 3.05) is 13.1 Å². The molecule has 2 unspecified atom stereocenters. The standard InChI is InChI=1S/C8H17N.CN/c1-3-9-7-5-4-6-8(9)2;1-2/h8H,3-7H2,1-2H3;/q;-1/p+1. The topological polar surface area (TPSA) is 28.2 Å². The highest BCUT2D eigenvalue weighted by atomic mass is 15.1. The van der Waals surface area contributed by atoms with Crippen LogP contribution < -0.4 is 4.90 Å². The molecule has 0 radical (unpaired) electrons. The number of likely N-dealkylation sites (tertiary alicyclic amines) is 1. The van der Waals surface area contributed by atoms with Crippen molar-refractivity contribution in [2.24, 2.45) is 0 Å². The normalized spacial score (nSPS) is 30.2. The van der Waals surface area contributed by atoms with Crippen molar-refractivity contribution in [1.82, 2.24) is 0 Å². The van der Waals surface area contributed by atoms with Gasteiger partial charge in [-0.2, -0.15) is 0 Å². The number of hydrogen-bond acceptors (Lipinski definition) is 1. The zero-order chi connectivity index (χ0) is 8.69. The van der Waals surface area contributed by atoms with E-state index in [2.05, 4.69) is 13.8 Å². The Morgan fingerprint density at radius 2 is 2.09 bits per heavy atom. The third-order valence-electron chi connectivity index (χ3n) is 2.54. The molecule has 0 aliphatic carbocycles. The van der Waals surface area contributed by atoms with Crippen LogP contribution >= 0.6 is 0 Å². The molecule has 11 heavy (non-hydrogen) atoms. The van der Waals surface area contributed by atoms with Gasteiger partial charge in [0.15, 0.2) is 0 Å². The lowest BCUT2D eigenvalue weighted by Gasteiger charge is -2.28. The number of piperidine rings is 1. The van der Waals surface area contributed by atoms with Gasteiger partial charge in [0.25, 0.3) is 0 Å². The molecule has 0 spiro atoms. The summed E-state index contributed by atoms with van der Waals surface area (Å²) in [6, 6.07) is 0.934. The van der Waals surface area contributed by atoms with Gasteiger partial charge in [-0.15, -0.1) is 0 Å². The molecule has 0 aromatic rings. The van der Waals surface area contributed by atoms with Crippen LogP contribution in [-0.4, -0.2) is 19.1 Å². The van der Waals surface area contributed by atoms with Crippen molar-refractivity contribution in [1.29, 1.82) is 5.26 Å². The molecule has 0 amide bonds. The Bertz CT molecular complexity index is 109. The predicted octanol–water partition coefficient (Wildman–Crippen LogP) is 0.560. The van der Waals surface area contributed by atoms with E-state index in [1.165, 1.54) is 32.4 Å². The molecule has 1 saturated heterocycles. The van der Waals surface area contributed by atoms with Gasteiger partial charge in [-0.3, -0.25) is 0 Å². The molecule has 64 valence electrons. The number of nitrogens with one attached hydrogen (secondary N) is 1. The van der Waals surface area contributed by atoms with E-state index in [4.69, 9.17) is 11.8 Å². The molecule has 0 aromatic carbocycles. The number of hydrogen-bond donors (Lipinski definition) is 1. The summed E-state index contributed by atoms with van der Waals surface area (Å²) in [5.74, 6) is 0. The lowest BCUT2D eigenvalue weighted by molar-refractivity contribution is -0.926. The summed E-state index contributed by atoms with van der Waals surface area (Å²) in [6.45, 7) is 12.1. The van der Waals surface area contributed by atoms with Gasteiger partial charge in [0.1, 0.15) is 0 Å². The molecule has 1 aliphatic rings. The maximum absolute atomic E-state index is 6.25. The van der Waals surface area contributed by atoms with E-state index < -0.39 is 0 Å². The molecule has 1 fully saturated rings. The van der Waals surface area contributed by atoms with Crippen LogP contribution in [0, 0.1) is 11.8 Å². The first kappa shape index (κ1) is 10.4. The highest BCUT2D eigenvalue weighted by Crippen LogP contribution is 2.00. The Kier molecular flexibility index (Phi) is 5.87. The first-order valence-corrected chi connectivity index (χ1v) is 4.41. The summed E-state index contributed by atoms with van der Waals surface area (Å²) in [5, 5.41) is 6.25. The first-order chi connectivity index (χ1) is 5.34. The van der Waals surface area contributed by atoms with Gasteiger partial charge >= 0.3 is 0 Å². The van der Waals surface area contributed by atoms with Crippen LogP contribution in [-0.2, 0) is 0 Å². The number of quaternary nitrogens is 1. The van der Waals surface area contributed by atoms with Crippen LogP contribution in [0.1, 0.15) is 33.1 Å². The van der Waals surface area contributed by atoms with Crippen LogP contribution in [0.2, 0.25) is 0 Å². The molecule has 0 saturated carbocycles. The zero-order valence-electron chi connectivity index (χ0n) is 7.56. The summed E-state index contributed by atoms with van der Waals surface area (Å²) in [5.41, 5.74) is 0. The van der Waals surface area contributed by atoms with Gasteiger partial charge in [0.05, 0.1) is 19.1 Å². The lowest BCUT2D eigenvalue weighted by Crippen LogP contribution is -3.15. The summed E-state index contributed by atoms with van der Waals surface area (Å²) in [4.78, 5) is 1.81. The third kappa shape index (κ3) is 3.38. The highest BCUT2D eigenvalue weighted by molar-refractivity contribution is 4.54. The fourth-order valence-electron chi connectivity index (χ4n) is 1.78. The molecule has 2 nitrogen and oxygen atoms in total. The number of nitrogens with zero attached hydrogens (tertiary/aromatic N) is 1. The maximum atomic E-state index is 6.25. The second-order valence-corrected chi connectivity index (χ2v) is 3.16. The smallest absolute Gasteiger partial charge is 0.0846 e. The Morgan fingerprint density at radius 3 is 2.45 bits per heavy atom. The average Bonchev–Trinajstić information content (AvgIpc) is 2.09. The van der Waals surface area contributed by atoms with Gasteiger partial charge in [-0.1, -0.05) is 0 Å². The summed E-state index contributed by atoms with van der Waals surface area (Å²) >= 11 is 0. The summed E-state index contributed by atoms with van der Waals surface area (Å²) in [6.07, 6.45) is 4.36.